The molecule has 0 amide bonds. The number of likely N-dealkylation sites (tertiary alicyclic amines) is 1. The Morgan fingerprint density at radius 1 is 1.33 bits per heavy atom. The van der Waals surface area contributed by atoms with E-state index in [0.29, 0.717) is 17.6 Å². The molecule has 1 atom stereocenters. The molecule has 27 heavy (non-hydrogen) atoms. The molecule has 1 saturated heterocycles. The van der Waals surface area contributed by atoms with Crippen LogP contribution < -0.4 is 15.8 Å². The molecule has 1 heterocycles. The van der Waals surface area contributed by atoms with E-state index in [1.807, 2.05) is 26.8 Å². The molecule has 1 aromatic carbocycles. The maximum absolute atomic E-state index is 12.7. The minimum Gasteiger partial charge on any atom is -0.370 e. The van der Waals surface area contributed by atoms with Gasteiger partial charge in [-0.1, -0.05) is 25.1 Å². The second-order valence-electron chi connectivity index (χ2n) is 7.97. The Bertz CT molecular complexity index is 756. The highest BCUT2D eigenvalue weighted by Gasteiger charge is 2.24. The van der Waals surface area contributed by atoms with Crippen LogP contribution in [0.5, 0.6) is 0 Å². The summed E-state index contributed by atoms with van der Waals surface area (Å²) in [5.74, 6) is 0.342. The summed E-state index contributed by atoms with van der Waals surface area (Å²) in [6.45, 7) is 10.7. The second-order valence-corrected chi connectivity index (χ2v) is 9.62. The third-order valence-electron chi connectivity index (χ3n) is 4.55. The van der Waals surface area contributed by atoms with E-state index in [1.54, 1.807) is 18.2 Å². The lowest BCUT2D eigenvalue weighted by Gasteiger charge is -2.23. The number of benzene rings is 1. The summed E-state index contributed by atoms with van der Waals surface area (Å²) in [5.41, 5.74) is 6.07. The molecule has 0 aliphatic carbocycles. The fourth-order valence-electron chi connectivity index (χ4n) is 3.35. The normalized spacial score (nSPS) is 19.4. The molecule has 1 aromatic rings. The van der Waals surface area contributed by atoms with E-state index in [0.717, 1.165) is 26.1 Å². The molecule has 1 unspecified atom stereocenters. The van der Waals surface area contributed by atoms with Crippen LogP contribution in [-0.4, -0.2) is 50.5 Å². The number of likely N-dealkylation sites (N-methyl/N-ethyl adjacent to an activating group) is 1. The van der Waals surface area contributed by atoms with Gasteiger partial charge in [-0.2, -0.15) is 0 Å². The second kappa shape index (κ2) is 9.03. The summed E-state index contributed by atoms with van der Waals surface area (Å²) in [4.78, 5) is 7.02. The van der Waals surface area contributed by atoms with Crippen LogP contribution in [0.2, 0.25) is 0 Å². The Labute approximate surface area is 163 Å². The maximum Gasteiger partial charge on any atom is 0.241 e. The van der Waals surface area contributed by atoms with E-state index < -0.39 is 15.6 Å². The predicted octanol–water partition coefficient (Wildman–Crippen LogP) is 1.65. The quantitative estimate of drug-likeness (QED) is 0.481. The molecule has 152 valence electrons. The van der Waals surface area contributed by atoms with E-state index in [1.165, 1.54) is 6.42 Å². The van der Waals surface area contributed by atoms with Crippen LogP contribution in [0.25, 0.3) is 0 Å². The third kappa shape index (κ3) is 6.48. The maximum atomic E-state index is 12.7. The van der Waals surface area contributed by atoms with Gasteiger partial charge in [-0.3, -0.25) is 4.90 Å². The van der Waals surface area contributed by atoms with Crippen LogP contribution in [0.4, 0.5) is 0 Å². The fraction of sp³-hybridized carbons (Fsp3) is 0.632. The highest BCUT2D eigenvalue weighted by molar-refractivity contribution is 7.89. The number of nitrogens with zero attached hydrogens (tertiary/aromatic N) is 2. The molecule has 7 nitrogen and oxygen atoms in total. The first kappa shape index (κ1) is 21.7. The van der Waals surface area contributed by atoms with Crippen molar-refractivity contribution < 1.29 is 8.42 Å². The third-order valence-corrected chi connectivity index (χ3v) is 6.40. The molecule has 0 spiro atoms. The summed E-state index contributed by atoms with van der Waals surface area (Å²) in [7, 11) is -3.62. The summed E-state index contributed by atoms with van der Waals surface area (Å²) < 4.78 is 28.0. The number of hydrogen-bond acceptors (Lipinski definition) is 4. The van der Waals surface area contributed by atoms with Crippen LogP contribution in [0, 0.1) is 0 Å². The zero-order valence-electron chi connectivity index (χ0n) is 16.8. The number of aliphatic imine (C=N–C) groups is 1. The lowest BCUT2D eigenvalue weighted by Crippen LogP contribution is -2.42. The topological polar surface area (TPSA) is 99.8 Å². The van der Waals surface area contributed by atoms with Crippen LogP contribution >= 0.6 is 0 Å². The molecule has 8 heteroatoms. The van der Waals surface area contributed by atoms with Crippen molar-refractivity contribution in [2.45, 2.75) is 63.6 Å². The van der Waals surface area contributed by atoms with Crippen molar-refractivity contribution >= 4 is 16.0 Å². The Morgan fingerprint density at radius 2 is 2.04 bits per heavy atom. The van der Waals surface area contributed by atoms with Gasteiger partial charge in [0, 0.05) is 18.1 Å². The summed E-state index contributed by atoms with van der Waals surface area (Å²) in [5, 5.41) is 3.18. The average Bonchev–Trinajstić information content (AvgIpc) is 3.04. The minimum absolute atomic E-state index is 0.211. The number of rotatable bonds is 7. The van der Waals surface area contributed by atoms with Crippen molar-refractivity contribution in [3.63, 3.8) is 0 Å². The first-order valence-electron chi connectivity index (χ1n) is 9.52. The molecule has 0 saturated carbocycles. The lowest BCUT2D eigenvalue weighted by molar-refractivity contribution is 0.267. The Balaban J connectivity index is 2.04. The standard InChI is InChI=1S/C19H33N5O2S/c1-5-24-12-8-10-16(24)14-22-18(20)21-13-15-9-6-7-11-17(15)27(25,26)23-19(2,3)4/h6-7,9,11,16,23H,5,8,10,12-14H2,1-4H3,(H3,20,21,22). The number of nitrogens with two attached hydrogens (primary N) is 1. The van der Waals surface area contributed by atoms with Crippen molar-refractivity contribution in [1.82, 2.24) is 14.9 Å². The Hall–Kier alpha value is -1.64. The molecule has 0 bridgehead atoms. The number of hydrogen-bond donors (Lipinski definition) is 3. The first-order chi connectivity index (χ1) is 12.6. The Morgan fingerprint density at radius 3 is 2.70 bits per heavy atom. The van der Waals surface area contributed by atoms with Crippen molar-refractivity contribution in [2.24, 2.45) is 10.7 Å². The van der Waals surface area contributed by atoms with E-state index in [-0.39, 0.29) is 11.4 Å². The van der Waals surface area contributed by atoms with Gasteiger partial charge in [-0.15, -0.1) is 0 Å². The Kier molecular flexibility index (Phi) is 7.25. The van der Waals surface area contributed by atoms with Crippen molar-refractivity contribution in [3.05, 3.63) is 29.8 Å². The van der Waals surface area contributed by atoms with Gasteiger partial charge in [0.15, 0.2) is 5.96 Å². The van der Waals surface area contributed by atoms with Gasteiger partial charge in [0.05, 0.1) is 11.4 Å². The SMILES string of the molecule is CCN1CCCC1CNC(N)=NCc1ccccc1S(=O)(=O)NC(C)(C)C. The van der Waals surface area contributed by atoms with Crippen LogP contribution in [0.15, 0.2) is 34.2 Å². The lowest BCUT2D eigenvalue weighted by atomic mass is 10.1. The molecule has 4 N–H and O–H groups in total. The van der Waals surface area contributed by atoms with E-state index in [4.69, 9.17) is 5.73 Å². The first-order valence-corrected chi connectivity index (χ1v) is 11.0. The molecular weight excluding hydrogens is 362 g/mol. The van der Waals surface area contributed by atoms with Gasteiger partial charge >= 0.3 is 0 Å². The van der Waals surface area contributed by atoms with Gasteiger partial charge in [-0.25, -0.2) is 18.1 Å². The zero-order chi connectivity index (χ0) is 20.1. The molecule has 1 aliphatic heterocycles. The molecule has 1 fully saturated rings. The highest BCUT2D eigenvalue weighted by Crippen LogP contribution is 2.19. The molecule has 0 aromatic heterocycles. The minimum atomic E-state index is -3.62. The molecule has 0 radical (unpaired) electrons. The van der Waals surface area contributed by atoms with Gasteiger partial charge in [0.25, 0.3) is 0 Å². The van der Waals surface area contributed by atoms with E-state index in [9.17, 15) is 8.42 Å². The predicted molar refractivity (Wildman–Crippen MR) is 110 cm³/mol. The van der Waals surface area contributed by atoms with Crippen LogP contribution in [0.1, 0.15) is 46.1 Å². The number of nitrogens with one attached hydrogen (secondary N) is 2. The molecular formula is C19H33N5O2S. The number of guanidine groups is 1. The van der Waals surface area contributed by atoms with Crippen LogP contribution in [-0.2, 0) is 16.6 Å². The summed E-state index contributed by atoms with van der Waals surface area (Å²) in [6, 6.07) is 7.37. The fourth-order valence-corrected chi connectivity index (χ4v) is 5.00. The highest BCUT2D eigenvalue weighted by atomic mass is 32.2. The largest absolute Gasteiger partial charge is 0.370 e. The van der Waals surface area contributed by atoms with Gasteiger partial charge in [0.2, 0.25) is 10.0 Å². The summed E-state index contributed by atoms with van der Waals surface area (Å²) in [6.07, 6.45) is 2.37. The van der Waals surface area contributed by atoms with Crippen molar-refractivity contribution in [3.8, 4) is 0 Å². The van der Waals surface area contributed by atoms with E-state index >= 15 is 0 Å². The molecule has 1 aliphatic rings. The number of sulfonamides is 1. The van der Waals surface area contributed by atoms with E-state index in [2.05, 4.69) is 26.9 Å². The average molecular weight is 396 g/mol. The van der Waals surface area contributed by atoms with Crippen LogP contribution in [0.3, 0.4) is 0 Å². The zero-order valence-corrected chi connectivity index (χ0v) is 17.6. The smallest absolute Gasteiger partial charge is 0.241 e. The molecule has 2 rings (SSSR count). The van der Waals surface area contributed by atoms with Crippen molar-refractivity contribution in [2.75, 3.05) is 19.6 Å². The van der Waals surface area contributed by atoms with Gasteiger partial charge in [-0.05, 0) is 58.3 Å². The summed E-state index contributed by atoms with van der Waals surface area (Å²) >= 11 is 0. The van der Waals surface area contributed by atoms with Crippen molar-refractivity contribution in [1.29, 1.82) is 0 Å². The monoisotopic (exact) mass is 395 g/mol. The van der Waals surface area contributed by atoms with Gasteiger partial charge in [0.1, 0.15) is 0 Å². The van der Waals surface area contributed by atoms with Gasteiger partial charge < -0.3 is 11.1 Å².